The van der Waals surface area contributed by atoms with Gasteiger partial charge >= 0.3 is 0 Å². The zero-order chi connectivity index (χ0) is 33.4. The van der Waals surface area contributed by atoms with Crippen LogP contribution in [0.5, 0.6) is 5.88 Å². The monoisotopic (exact) mass is 648 g/mol. The number of rotatable bonds is 6. The van der Waals surface area contributed by atoms with E-state index in [0.29, 0.717) is 9.47 Å². The highest BCUT2D eigenvalue weighted by atomic mass is 32.2. The van der Waals surface area contributed by atoms with E-state index in [-0.39, 0.29) is 33.6 Å². The van der Waals surface area contributed by atoms with Crippen LogP contribution in [0.15, 0.2) is 92.0 Å². The summed E-state index contributed by atoms with van der Waals surface area (Å²) in [5.41, 5.74) is -2.57. The molecule has 0 atom stereocenters. The number of hydrogen-bond donors (Lipinski definition) is 3. The van der Waals surface area contributed by atoms with Gasteiger partial charge in [-0.25, -0.2) is 9.47 Å². The Balaban J connectivity index is 1.88. The molecule has 228 valence electrons. The van der Waals surface area contributed by atoms with Gasteiger partial charge in [0.2, 0.25) is 5.88 Å². The van der Waals surface area contributed by atoms with Crippen LogP contribution in [0.25, 0.3) is 11.8 Å². The quantitative estimate of drug-likeness (QED) is 0.199. The molecule has 3 N–H and O–H groups in total. The summed E-state index contributed by atoms with van der Waals surface area (Å²) in [6, 6.07) is 12.2. The van der Waals surface area contributed by atoms with Crippen molar-refractivity contribution >= 4 is 43.8 Å². The third kappa shape index (κ3) is 5.94. The van der Waals surface area contributed by atoms with Gasteiger partial charge in [0.05, 0.1) is 21.2 Å². The summed E-state index contributed by atoms with van der Waals surface area (Å²) in [7, 11) is -9.39. The van der Waals surface area contributed by atoms with Gasteiger partial charge in [-0.3, -0.25) is 23.5 Å². The van der Waals surface area contributed by atoms with Crippen LogP contribution in [0, 0.1) is 29.6 Å². The second-order valence-electron chi connectivity index (χ2n) is 9.43. The van der Waals surface area contributed by atoms with Crippen molar-refractivity contribution in [1.82, 2.24) is 4.57 Å². The van der Waals surface area contributed by atoms with Crippen LogP contribution in [0.2, 0.25) is 0 Å². The van der Waals surface area contributed by atoms with Gasteiger partial charge in [0.15, 0.2) is 0 Å². The first-order valence-corrected chi connectivity index (χ1v) is 15.3. The van der Waals surface area contributed by atoms with E-state index in [2.05, 4.69) is 0 Å². The molecule has 1 aromatic heterocycles. The Kier molecular flexibility index (Phi) is 8.46. The van der Waals surface area contributed by atoms with Crippen molar-refractivity contribution in [1.29, 1.82) is 10.5 Å². The Morgan fingerprint density at radius 3 is 1.91 bits per heavy atom. The maximum absolute atomic E-state index is 13.5. The summed E-state index contributed by atoms with van der Waals surface area (Å²) in [6.07, 6.45) is 3.62. The number of nitriles is 2. The van der Waals surface area contributed by atoms with E-state index in [1.807, 2.05) is 0 Å². The van der Waals surface area contributed by atoms with E-state index in [9.17, 15) is 56.0 Å². The third-order valence-corrected chi connectivity index (χ3v) is 8.47. The molecule has 0 bridgehead atoms. The maximum Gasteiger partial charge on any atom is 0.294 e. The molecular formula is C29H20N4O10S2. The van der Waals surface area contributed by atoms with Crippen LogP contribution < -0.4 is 10.5 Å². The second kappa shape index (κ2) is 11.8. The number of pyridine rings is 1. The van der Waals surface area contributed by atoms with Crippen molar-refractivity contribution in [2.24, 2.45) is 0 Å². The summed E-state index contributed by atoms with van der Waals surface area (Å²) in [6.45, 7) is 2.69. The van der Waals surface area contributed by atoms with Crippen molar-refractivity contribution in [2.75, 3.05) is 4.90 Å². The fraction of sp³-hybridized carbons (Fsp3) is 0.0690. The smallest absolute Gasteiger partial charge is 0.294 e. The minimum Gasteiger partial charge on any atom is -0.494 e. The van der Waals surface area contributed by atoms with E-state index in [0.717, 1.165) is 24.3 Å². The Morgan fingerprint density at radius 1 is 0.822 bits per heavy atom. The van der Waals surface area contributed by atoms with Crippen molar-refractivity contribution in [2.45, 2.75) is 23.6 Å². The minimum absolute atomic E-state index is 0.0232. The largest absolute Gasteiger partial charge is 0.494 e. The lowest BCUT2D eigenvalue weighted by molar-refractivity contribution is -0.123. The number of carbonyl (C=O) groups is 2. The van der Waals surface area contributed by atoms with Gasteiger partial charge in [-0.15, -0.1) is 0 Å². The molecule has 16 heteroatoms. The van der Waals surface area contributed by atoms with Gasteiger partial charge in [-0.2, -0.15) is 27.4 Å². The fourth-order valence-electron chi connectivity index (χ4n) is 4.51. The molecule has 0 radical (unpaired) electrons. The van der Waals surface area contributed by atoms with E-state index in [1.54, 1.807) is 12.1 Å². The van der Waals surface area contributed by atoms with Crippen LogP contribution in [0.3, 0.4) is 0 Å². The number of aromatic hydroxyl groups is 1. The van der Waals surface area contributed by atoms with Crippen LogP contribution in [0.4, 0.5) is 5.69 Å². The maximum atomic E-state index is 13.5. The number of nitrogens with zero attached hydrogens (tertiary/aromatic N) is 4. The topological polar surface area (TPSA) is 236 Å². The first kappa shape index (κ1) is 32.3. The summed E-state index contributed by atoms with van der Waals surface area (Å²) < 4.78 is 66.0. The highest BCUT2D eigenvalue weighted by molar-refractivity contribution is 7.86. The molecule has 14 nitrogen and oxygen atoms in total. The number of aromatic nitrogens is 1. The first-order valence-electron chi connectivity index (χ1n) is 12.5. The Hall–Kier alpha value is -5.65. The molecule has 0 spiro atoms. The SMILES string of the molecule is CC1=C(C#N)C(=O)N(c2cccc(S(=O)(=O)O)c2)C(=O)/C1=C/C=C/c1c(C)c(C#N)c(=O)n(-c2cccc(S(=O)(=O)O)c2)c1O. The van der Waals surface area contributed by atoms with Gasteiger partial charge < -0.3 is 5.11 Å². The molecule has 0 saturated carbocycles. The normalized spacial score (nSPS) is 15.1. The van der Waals surface area contributed by atoms with Crippen molar-refractivity contribution in [3.63, 3.8) is 0 Å². The molecular weight excluding hydrogens is 628 g/mol. The molecule has 45 heavy (non-hydrogen) atoms. The standard InChI is InChI=1S/C29H20N4O10S2/c1-16-22(26(34)32(28(36)24(16)14-30)18-6-3-8-20(12-18)44(38,39)40)10-5-11-23-17(2)25(15-31)29(37)33(27(23)35)19-7-4-9-21(13-19)45(41,42)43/h3-13,34H,1-2H3,(H,38,39,40)(H,41,42,43)/b10-5+,23-11+. The lowest BCUT2D eigenvalue weighted by Crippen LogP contribution is -2.43. The van der Waals surface area contributed by atoms with Crippen LogP contribution in [0.1, 0.15) is 23.6 Å². The summed E-state index contributed by atoms with van der Waals surface area (Å²) in [5.74, 6) is -2.73. The van der Waals surface area contributed by atoms with Crippen molar-refractivity contribution < 1.29 is 40.6 Å². The number of allylic oxidation sites excluding steroid dienone is 2. The third-order valence-electron chi connectivity index (χ3n) is 6.77. The first-order chi connectivity index (χ1) is 21.0. The van der Waals surface area contributed by atoms with E-state index < -0.39 is 64.4 Å². The fourth-order valence-corrected chi connectivity index (χ4v) is 5.55. The molecule has 4 rings (SSSR count). The van der Waals surface area contributed by atoms with Crippen molar-refractivity contribution in [3.05, 3.63) is 104 Å². The van der Waals surface area contributed by atoms with E-state index >= 15 is 0 Å². The lowest BCUT2D eigenvalue weighted by atomic mass is 9.94. The van der Waals surface area contributed by atoms with Crippen molar-refractivity contribution in [3.8, 4) is 23.7 Å². The van der Waals surface area contributed by atoms with Crippen LogP contribution in [-0.4, -0.2) is 47.4 Å². The number of hydrogen-bond acceptors (Lipinski definition) is 10. The molecule has 1 aliphatic rings. The number of imide groups is 1. The molecule has 2 aromatic carbocycles. The number of benzene rings is 2. The molecule has 0 saturated heterocycles. The van der Waals surface area contributed by atoms with E-state index in [4.69, 9.17) is 0 Å². The van der Waals surface area contributed by atoms with Gasteiger partial charge in [-0.05, 0) is 73.5 Å². The van der Waals surface area contributed by atoms with Crippen LogP contribution in [-0.2, 0) is 29.8 Å². The Morgan fingerprint density at radius 2 is 1.38 bits per heavy atom. The second-order valence-corrected chi connectivity index (χ2v) is 12.3. The average Bonchev–Trinajstić information content (AvgIpc) is 2.96. The Labute approximate surface area is 255 Å². The Bertz CT molecular complexity index is 2290. The highest BCUT2D eigenvalue weighted by Gasteiger charge is 2.36. The number of amides is 2. The van der Waals surface area contributed by atoms with Gasteiger partial charge in [-0.1, -0.05) is 18.2 Å². The number of carbonyl (C=O) groups excluding carboxylic acids is 2. The zero-order valence-corrected chi connectivity index (χ0v) is 24.8. The predicted octanol–water partition coefficient (Wildman–Crippen LogP) is 2.57. The van der Waals surface area contributed by atoms with Crippen LogP contribution >= 0.6 is 0 Å². The van der Waals surface area contributed by atoms with Gasteiger partial charge in [0.25, 0.3) is 37.6 Å². The molecule has 0 aliphatic carbocycles. The molecule has 2 amide bonds. The lowest BCUT2D eigenvalue weighted by Gasteiger charge is -2.27. The molecule has 2 heterocycles. The molecule has 0 unspecified atom stereocenters. The summed E-state index contributed by atoms with van der Waals surface area (Å²) in [4.78, 5) is 39.0. The van der Waals surface area contributed by atoms with Gasteiger partial charge in [0.1, 0.15) is 23.3 Å². The molecule has 0 fully saturated rings. The number of anilines is 1. The predicted molar refractivity (Wildman–Crippen MR) is 157 cm³/mol. The highest BCUT2D eigenvalue weighted by Crippen LogP contribution is 2.31. The summed E-state index contributed by atoms with van der Waals surface area (Å²) >= 11 is 0. The molecule has 3 aromatic rings. The minimum atomic E-state index is -4.70. The zero-order valence-electron chi connectivity index (χ0n) is 23.2. The van der Waals surface area contributed by atoms with E-state index in [1.165, 1.54) is 56.3 Å². The van der Waals surface area contributed by atoms with Gasteiger partial charge in [0, 0.05) is 11.1 Å². The average molecular weight is 649 g/mol. The summed E-state index contributed by atoms with van der Waals surface area (Å²) in [5, 5.41) is 30.4. The molecule has 1 aliphatic heterocycles.